The first kappa shape index (κ1) is 20.6. The molecule has 1 atom stereocenters. The molecular formula is C21H25N7O3. The lowest BCUT2D eigenvalue weighted by Crippen LogP contribution is -2.52. The summed E-state index contributed by atoms with van der Waals surface area (Å²) in [5.74, 6) is 2.45. The molecule has 0 saturated carbocycles. The third kappa shape index (κ3) is 4.60. The van der Waals surface area contributed by atoms with Crippen molar-refractivity contribution in [1.29, 1.82) is 0 Å². The third-order valence-corrected chi connectivity index (χ3v) is 4.96. The topological polar surface area (TPSA) is 117 Å². The maximum Gasteiger partial charge on any atom is 0.252 e. The monoisotopic (exact) mass is 423 g/mol. The summed E-state index contributed by atoms with van der Waals surface area (Å²) in [4.78, 5) is 23.1. The van der Waals surface area contributed by atoms with Gasteiger partial charge in [0.05, 0.1) is 33.1 Å². The second-order valence-corrected chi connectivity index (χ2v) is 7.04. The Balaban J connectivity index is 1.48. The molecule has 1 aromatic heterocycles. The number of amides is 1. The molecule has 0 spiro atoms. The molecule has 0 fully saturated rings. The van der Waals surface area contributed by atoms with Crippen LogP contribution in [0, 0.1) is 0 Å². The van der Waals surface area contributed by atoms with E-state index in [-0.39, 0.29) is 5.91 Å². The molecule has 2 aliphatic rings. The molecule has 162 valence electrons. The smallest absolute Gasteiger partial charge is 0.252 e. The molecule has 1 amide bonds. The molecule has 0 aliphatic carbocycles. The van der Waals surface area contributed by atoms with Crippen molar-refractivity contribution in [2.45, 2.75) is 19.3 Å². The second-order valence-electron chi connectivity index (χ2n) is 7.04. The van der Waals surface area contributed by atoms with Crippen molar-refractivity contribution in [3.05, 3.63) is 65.7 Å². The van der Waals surface area contributed by atoms with Crippen molar-refractivity contribution in [1.82, 2.24) is 25.6 Å². The van der Waals surface area contributed by atoms with Crippen LogP contribution in [0.1, 0.15) is 11.3 Å². The van der Waals surface area contributed by atoms with Gasteiger partial charge in [0.15, 0.2) is 17.8 Å². The third-order valence-electron chi connectivity index (χ3n) is 4.96. The van der Waals surface area contributed by atoms with Gasteiger partial charge in [0.25, 0.3) is 5.91 Å². The maximum atomic E-state index is 12.7. The van der Waals surface area contributed by atoms with E-state index in [2.05, 4.69) is 20.7 Å². The van der Waals surface area contributed by atoms with Crippen LogP contribution in [-0.4, -0.2) is 53.8 Å². The Morgan fingerprint density at radius 1 is 1.19 bits per heavy atom. The van der Waals surface area contributed by atoms with E-state index in [1.165, 1.54) is 6.08 Å². The molecule has 1 unspecified atom stereocenters. The summed E-state index contributed by atoms with van der Waals surface area (Å²) >= 11 is 0. The quantitative estimate of drug-likeness (QED) is 0.591. The lowest BCUT2D eigenvalue weighted by Gasteiger charge is -2.32. The minimum atomic E-state index is -0.598. The van der Waals surface area contributed by atoms with Gasteiger partial charge in [0.1, 0.15) is 11.7 Å². The van der Waals surface area contributed by atoms with Gasteiger partial charge >= 0.3 is 0 Å². The van der Waals surface area contributed by atoms with Crippen LogP contribution in [0.25, 0.3) is 0 Å². The lowest BCUT2D eigenvalue weighted by molar-refractivity contribution is -0.128. The van der Waals surface area contributed by atoms with E-state index in [1.54, 1.807) is 30.3 Å². The molecule has 4 N–H and O–H groups in total. The number of benzene rings is 1. The number of carbonyl (C=O) groups is 1. The Hall–Kier alpha value is -3.63. The number of hydrogen-bond acceptors (Lipinski definition) is 9. The largest absolute Gasteiger partial charge is 0.493 e. The SMILES string of the molecule is COc1ccc(CC2=NC(N)NN2C2=CC(=O)N(Cc3ccccn3)CN2)cc1OC. The van der Waals surface area contributed by atoms with E-state index in [9.17, 15) is 4.79 Å². The lowest BCUT2D eigenvalue weighted by atomic mass is 10.1. The Morgan fingerprint density at radius 2 is 2.03 bits per heavy atom. The highest BCUT2D eigenvalue weighted by Crippen LogP contribution is 2.28. The number of carbonyl (C=O) groups excluding carboxylic acids is 1. The molecule has 0 radical (unpaired) electrons. The molecule has 31 heavy (non-hydrogen) atoms. The number of nitrogens with one attached hydrogen (secondary N) is 2. The first-order valence-corrected chi connectivity index (χ1v) is 9.81. The van der Waals surface area contributed by atoms with Crippen molar-refractivity contribution < 1.29 is 14.3 Å². The fraction of sp³-hybridized carbons (Fsp3) is 0.286. The Morgan fingerprint density at radius 3 is 2.74 bits per heavy atom. The van der Waals surface area contributed by atoms with E-state index >= 15 is 0 Å². The van der Waals surface area contributed by atoms with E-state index in [4.69, 9.17) is 15.2 Å². The zero-order valence-corrected chi connectivity index (χ0v) is 17.4. The van der Waals surface area contributed by atoms with Crippen molar-refractivity contribution >= 4 is 11.7 Å². The van der Waals surface area contributed by atoms with E-state index < -0.39 is 6.29 Å². The fourth-order valence-corrected chi connectivity index (χ4v) is 3.44. The number of nitrogens with zero attached hydrogens (tertiary/aromatic N) is 4. The highest BCUT2D eigenvalue weighted by Gasteiger charge is 2.29. The van der Waals surface area contributed by atoms with E-state index in [1.807, 2.05) is 36.4 Å². The molecule has 4 rings (SSSR count). The highest BCUT2D eigenvalue weighted by atomic mass is 16.5. The molecule has 0 bridgehead atoms. The molecule has 2 aliphatic heterocycles. The first-order valence-electron chi connectivity index (χ1n) is 9.81. The molecule has 0 saturated heterocycles. The number of hydrogen-bond donors (Lipinski definition) is 3. The fourth-order valence-electron chi connectivity index (χ4n) is 3.44. The number of aliphatic imine (C=N–C) groups is 1. The van der Waals surface area contributed by atoms with E-state index in [0.29, 0.717) is 42.8 Å². The summed E-state index contributed by atoms with van der Waals surface area (Å²) in [7, 11) is 3.19. The molecule has 10 nitrogen and oxygen atoms in total. The predicted octanol–water partition coefficient (Wildman–Crippen LogP) is 0.533. The van der Waals surface area contributed by atoms with Crippen molar-refractivity contribution in [3.8, 4) is 11.5 Å². The van der Waals surface area contributed by atoms with Gasteiger partial charge in [-0.15, -0.1) is 0 Å². The minimum Gasteiger partial charge on any atom is -0.493 e. The van der Waals surface area contributed by atoms with Gasteiger partial charge < -0.3 is 19.7 Å². The first-order chi connectivity index (χ1) is 15.1. The molecule has 10 heteroatoms. The van der Waals surface area contributed by atoms with Crippen molar-refractivity contribution in [2.75, 3.05) is 20.9 Å². The van der Waals surface area contributed by atoms with Gasteiger partial charge in [0, 0.05) is 18.7 Å². The number of hydrazine groups is 1. The summed E-state index contributed by atoms with van der Waals surface area (Å²) in [5, 5.41) is 4.98. The molecular weight excluding hydrogens is 398 g/mol. The summed E-state index contributed by atoms with van der Waals surface area (Å²) < 4.78 is 10.7. The van der Waals surface area contributed by atoms with Crippen LogP contribution in [-0.2, 0) is 17.8 Å². The predicted molar refractivity (Wildman–Crippen MR) is 115 cm³/mol. The number of amidine groups is 1. The van der Waals surface area contributed by atoms with Gasteiger partial charge in [-0.2, -0.15) is 5.43 Å². The highest BCUT2D eigenvalue weighted by molar-refractivity contribution is 5.92. The van der Waals surface area contributed by atoms with E-state index in [0.717, 1.165) is 11.3 Å². The Kier molecular flexibility index (Phi) is 6.01. The number of pyridine rings is 1. The van der Waals surface area contributed by atoms with Crippen LogP contribution in [0.15, 0.2) is 59.5 Å². The van der Waals surface area contributed by atoms with Crippen LogP contribution >= 0.6 is 0 Å². The Bertz CT molecular complexity index is 1010. The summed E-state index contributed by atoms with van der Waals surface area (Å²) in [6, 6.07) is 11.3. The van der Waals surface area contributed by atoms with Crippen LogP contribution < -0.4 is 25.9 Å². The average molecular weight is 423 g/mol. The van der Waals surface area contributed by atoms with Gasteiger partial charge in [-0.1, -0.05) is 12.1 Å². The van der Waals surface area contributed by atoms with Gasteiger partial charge in [-0.05, 0) is 29.8 Å². The number of ether oxygens (including phenoxy) is 2. The van der Waals surface area contributed by atoms with Gasteiger partial charge in [-0.25, -0.2) is 10.0 Å². The van der Waals surface area contributed by atoms with Crippen LogP contribution in [0.3, 0.4) is 0 Å². The maximum absolute atomic E-state index is 12.7. The standard InChI is InChI=1S/C21H25N7O3/c1-30-16-7-6-14(9-17(16)31-2)10-19-25-21(22)26-28(19)18-11-20(29)27(13-24-18)12-15-5-3-4-8-23-15/h3-9,11,21,24,26H,10,12-13,22H2,1-2H3. The minimum absolute atomic E-state index is 0.118. The summed E-state index contributed by atoms with van der Waals surface area (Å²) in [6.07, 6.45) is 3.14. The zero-order valence-electron chi connectivity index (χ0n) is 17.4. The van der Waals surface area contributed by atoms with Crippen LogP contribution in [0.2, 0.25) is 0 Å². The van der Waals surface area contributed by atoms with Crippen molar-refractivity contribution in [2.24, 2.45) is 10.7 Å². The van der Waals surface area contributed by atoms with Crippen LogP contribution in [0.5, 0.6) is 11.5 Å². The number of rotatable bonds is 7. The molecule has 1 aromatic carbocycles. The zero-order chi connectivity index (χ0) is 21.8. The molecule has 3 heterocycles. The molecule has 2 aromatic rings. The van der Waals surface area contributed by atoms with Gasteiger partial charge in [0.2, 0.25) is 0 Å². The number of methoxy groups -OCH3 is 2. The normalized spacial score (nSPS) is 18.4. The van der Waals surface area contributed by atoms with Crippen molar-refractivity contribution in [3.63, 3.8) is 0 Å². The average Bonchev–Trinajstić information content (AvgIpc) is 3.15. The number of aromatic nitrogens is 1. The van der Waals surface area contributed by atoms with Gasteiger partial charge in [-0.3, -0.25) is 15.5 Å². The van der Waals surface area contributed by atoms with Crippen LogP contribution in [0.4, 0.5) is 0 Å². The summed E-state index contributed by atoms with van der Waals surface area (Å²) in [5.41, 5.74) is 10.9. The Labute approximate surface area is 180 Å². The second kappa shape index (κ2) is 9.02. The number of nitrogens with two attached hydrogens (primary N) is 1. The summed E-state index contributed by atoms with van der Waals surface area (Å²) in [6.45, 7) is 0.772.